The summed E-state index contributed by atoms with van der Waals surface area (Å²) in [7, 11) is 0. The molecule has 0 aromatic heterocycles. The van der Waals surface area contributed by atoms with Gasteiger partial charge in [-0.3, -0.25) is 0 Å². The number of rotatable bonds is 7. The molecule has 1 saturated carbocycles. The lowest BCUT2D eigenvalue weighted by molar-refractivity contribution is 0.302. The average molecular weight is 317 g/mol. The molecule has 3 heteroatoms. The zero-order valence-electron chi connectivity index (χ0n) is 13.6. The Morgan fingerprint density at radius 3 is 2.57 bits per heavy atom. The van der Waals surface area contributed by atoms with Crippen molar-refractivity contribution in [2.24, 2.45) is 5.92 Å². The molecule has 0 spiro atoms. The van der Waals surface area contributed by atoms with Crippen LogP contribution in [0, 0.1) is 23.1 Å². The summed E-state index contributed by atoms with van der Waals surface area (Å²) in [6, 6.07) is 6.92. The minimum Gasteiger partial charge on any atom is -0.216 e. The van der Waals surface area contributed by atoms with Crippen LogP contribution < -0.4 is 0 Å². The van der Waals surface area contributed by atoms with Gasteiger partial charge in [-0.15, -0.1) is 0 Å². The average Bonchev–Trinajstić information content (AvgIpc) is 2.58. The third-order valence-electron chi connectivity index (χ3n) is 5.00. The first kappa shape index (κ1) is 17.7. The van der Waals surface area contributed by atoms with Crippen LogP contribution in [-0.4, -0.2) is 0 Å². The molecule has 0 heterocycles. The number of nitriles is 1. The van der Waals surface area contributed by atoms with E-state index in [0.717, 1.165) is 37.2 Å². The van der Waals surface area contributed by atoms with Gasteiger partial charge >= 0.3 is 0 Å². The molecule has 0 unspecified atom stereocenters. The fraction of sp³-hybridized carbons (Fsp3) is 0.550. The number of halogens is 2. The van der Waals surface area contributed by atoms with Crippen LogP contribution in [0.5, 0.6) is 0 Å². The Balaban J connectivity index is 1.71. The summed E-state index contributed by atoms with van der Waals surface area (Å²) in [4.78, 5) is 0. The van der Waals surface area contributed by atoms with Gasteiger partial charge in [-0.05, 0) is 68.1 Å². The van der Waals surface area contributed by atoms with Gasteiger partial charge in [-0.25, -0.2) is 8.78 Å². The van der Waals surface area contributed by atoms with E-state index in [0.29, 0.717) is 12.2 Å². The summed E-state index contributed by atoms with van der Waals surface area (Å²) in [6.45, 7) is 0. The fourth-order valence-corrected chi connectivity index (χ4v) is 3.60. The van der Waals surface area contributed by atoms with Gasteiger partial charge in [-0.1, -0.05) is 31.4 Å². The smallest absolute Gasteiger partial charge is 0.141 e. The molecule has 0 aliphatic heterocycles. The number of benzene rings is 1. The second-order valence-corrected chi connectivity index (χ2v) is 6.57. The van der Waals surface area contributed by atoms with Gasteiger partial charge in [0.05, 0.1) is 11.9 Å². The molecule has 23 heavy (non-hydrogen) atoms. The molecule has 124 valence electrons. The molecular weight excluding hydrogens is 292 g/mol. The maximum atomic E-state index is 13.7. The summed E-state index contributed by atoms with van der Waals surface area (Å²) in [5.41, 5.74) is 1.17. The lowest BCUT2D eigenvalue weighted by Gasteiger charge is -2.29. The number of nitrogens with zero attached hydrogens (tertiary/aromatic N) is 1. The fourth-order valence-electron chi connectivity index (χ4n) is 3.60. The van der Waals surface area contributed by atoms with E-state index < -0.39 is 5.82 Å². The Hall–Kier alpha value is -1.69. The molecule has 0 radical (unpaired) electrons. The van der Waals surface area contributed by atoms with Crippen LogP contribution in [0.3, 0.4) is 0 Å². The topological polar surface area (TPSA) is 23.8 Å². The quantitative estimate of drug-likeness (QED) is 0.533. The zero-order valence-corrected chi connectivity index (χ0v) is 13.6. The first-order valence-electron chi connectivity index (χ1n) is 8.69. The molecule has 1 aliphatic rings. The maximum Gasteiger partial charge on any atom is 0.141 e. The second kappa shape index (κ2) is 9.45. The van der Waals surface area contributed by atoms with Crippen LogP contribution in [0.4, 0.5) is 8.78 Å². The van der Waals surface area contributed by atoms with E-state index >= 15 is 0 Å². The lowest BCUT2D eigenvalue weighted by Crippen LogP contribution is -2.13. The minimum atomic E-state index is -0.394. The molecule has 1 aromatic carbocycles. The molecule has 0 saturated heterocycles. The SMILES string of the molecule is N#Cc1ccc(C2CCC(CCCCCC=CF)CC2)cc1F. The first-order chi connectivity index (χ1) is 11.2. The third-order valence-corrected chi connectivity index (χ3v) is 5.00. The van der Waals surface area contributed by atoms with Crippen molar-refractivity contribution in [3.63, 3.8) is 0 Å². The number of hydrogen-bond donors (Lipinski definition) is 0. The Labute approximate surface area is 138 Å². The van der Waals surface area contributed by atoms with Crippen LogP contribution >= 0.6 is 0 Å². The van der Waals surface area contributed by atoms with Gasteiger partial charge in [-0.2, -0.15) is 5.26 Å². The van der Waals surface area contributed by atoms with Crippen molar-refractivity contribution in [3.8, 4) is 6.07 Å². The molecule has 0 atom stereocenters. The van der Waals surface area contributed by atoms with Gasteiger partial charge in [0.1, 0.15) is 11.9 Å². The molecule has 0 N–H and O–H groups in total. The van der Waals surface area contributed by atoms with Crippen molar-refractivity contribution in [2.45, 2.75) is 63.7 Å². The molecule has 1 fully saturated rings. The summed E-state index contributed by atoms with van der Waals surface area (Å²) in [5.74, 6) is 0.823. The number of unbranched alkanes of at least 4 members (excludes halogenated alkanes) is 3. The Kier molecular flexibility index (Phi) is 7.26. The molecule has 1 nitrogen and oxygen atoms in total. The van der Waals surface area contributed by atoms with Crippen molar-refractivity contribution < 1.29 is 8.78 Å². The molecule has 1 aliphatic carbocycles. The van der Waals surface area contributed by atoms with Crippen molar-refractivity contribution in [3.05, 3.63) is 47.5 Å². The van der Waals surface area contributed by atoms with E-state index in [1.165, 1.54) is 32.1 Å². The minimum absolute atomic E-state index is 0.130. The highest BCUT2D eigenvalue weighted by atomic mass is 19.1. The number of allylic oxidation sites excluding steroid dienone is 1. The van der Waals surface area contributed by atoms with Gasteiger partial charge in [0.2, 0.25) is 0 Å². The first-order valence-corrected chi connectivity index (χ1v) is 8.69. The van der Waals surface area contributed by atoms with E-state index in [9.17, 15) is 8.78 Å². The van der Waals surface area contributed by atoms with E-state index in [2.05, 4.69) is 0 Å². The van der Waals surface area contributed by atoms with Gasteiger partial charge in [0, 0.05) is 0 Å². The van der Waals surface area contributed by atoms with Gasteiger partial charge in [0.25, 0.3) is 0 Å². The molecule has 1 aromatic rings. The predicted molar refractivity (Wildman–Crippen MR) is 89.1 cm³/mol. The number of hydrogen-bond acceptors (Lipinski definition) is 1. The predicted octanol–water partition coefficient (Wildman–Crippen LogP) is 6.40. The standard InChI is InChI=1S/C20H25F2N/c21-13-5-3-1-2-4-6-16-7-9-17(10-8-16)18-11-12-19(15-23)20(22)14-18/h5,11-14,16-17H,1-4,6-10H2. The van der Waals surface area contributed by atoms with Crippen molar-refractivity contribution in [2.75, 3.05) is 0 Å². The van der Waals surface area contributed by atoms with Crippen LogP contribution in [0.2, 0.25) is 0 Å². The molecule has 2 rings (SSSR count). The van der Waals surface area contributed by atoms with Crippen LogP contribution in [0.15, 0.2) is 30.6 Å². The Morgan fingerprint density at radius 1 is 1.13 bits per heavy atom. The lowest BCUT2D eigenvalue weighted by atomic mass is 9.77. The summed E-state index contributed by atoms with van der Waals surface area (Å²) < 4.78 is 25.5. The van der Waals surface area contributed by atoms with Crippen molar-refractivity contribution >= 4 is 0 Å². The normalized spacial score (nSPS) is 21.4. The highest BCUT2D eigenvalue weighted by molar-refractivity contribution is 5.34. The largest absolute Gasteiger partial charge is 0.216 e. The summed E-state index contributed by atoms with van der Waals surface area (Å²) in [5, 5.41) is 8.79. The summed E-state index contributed by atoms with van der Waals surface area (Å²) >= 11 is 0. The van der Waals surface area contributed by atoms with Crippen molar-refractivity contribution in [1.82, 2.24) is 0 Å². The van der Waals surface area contributed by atoms with E-state index in [1.54, 1.807) is 18.2 Å². The third kappa shape index (κ3) is 5.46. The van der Waals surface area contributed by atoms with Crippen LogP contribution in [0.1, 0.15) is 74.8 Å². The second-order valence-electron chi connectivity index (χ2n) is 6.57. The van der Waals surface area contributed by atoms with E-state index in [-0.39, 0.29) is 5.56 Å². The van der Waals surface area contributed by atoms with Gasteiger partial charge in [0.15, 0.2) is 0 Å². The van der Waals surface area contributed by atoms with E-state index in [4.69, 9.17) is 5.26 Å². The highest BCUT2D eigenvalue weighted by Gasteiger charge is 2.22. The Bertz CT molecular complexity index is 551. The highest BCUT2D eigenvalue weighted by Crippen LogP contribution is 2.38. The van der Waals surface area contributed by atoms with Crippen molar-refractivity contribution in [1.29, 1.82) is 5.26 Å². The Morgan fingerprint density at radius 2 is 1.91 bits per heavy atom. The van der Waals surface area contributed by atoms with Gasteiger partial charge < -0.3 is 0 Å². The monoisotopic (exact) mass is 317 g/mol. The summed E-state index contributed by atoms with van der Waals surface area (Å²) in [6.07, 6.45) is 12.4. The maximum absolute atomic E-state index is 13.7. The zero-order chi connectivity index (χ0) is 16.5. The molecule has 0 bridgehead atoms. The van der Waals surface area contributed by atoms with Crippen LogP contribution in [-0.2, 0) is 0 Å². The molecular formula is C20H25F2N. The molecule has 0 amide bonds. The van der Waals surface area contributed by atoms with Crippen LogP contribution in [0.25, 0.3) is 0 Å². The van der Waals surface area contributed by atoms with E-state index in [1.807, 2.05) is 12.1 Å².